The van der Waals surface area contributed by atoms with Crippen molar-refractivity contribution in [2.24, 2.45) is 0 Å². The van der Waals surface area contributed by atoms with Crippen molar-refractivity contribution in [3.05, 3.63) is 39.7 Å². The fourth-order valence-corrected chi connectivity index (χ4v) is 3.57. The molecule has 3 heterocycles. The summed E-state index contributed by atoms with van der Waals surface area (Å²) >= 11 is 1.76. The molecule has 0 spiro atoms. The van der Waals surface area contributed by atoms with Gasteiger partial charge in [-0.2, -0.15) is 0 Å². The van der Waals surface area contributed by atoms with Crippen molar-refractivity contribution >= 4 is 17.2 Å². The maximum Gasteiger partial charge on any atom is 0.289 e. The van der Waals surface area contributed by atoms with Gasteiger partial charge in [-0.3, -0.25) is 9.69 Å². The van der Waals surface area contributed by atoms with Gasteiger partial charge in [0.2, 0.25) is 0 Å². The molecule has 112 valence electrons. The van der Waals surface area contributed by atoms with Gasteiger partial charge in [-0.1, -0.05) is 0 Å². The Kier molecular flexibility index (Phi) is 4.07. The molecule has 6 heteroatoms. The monoisotopic (exact) mass is 305 g/mol. The molecule has 1 saturated heterocycles. The number of aromatic nitrogens is 1. The Hall–Kier alpha value is -1.66. The number of piperazine rings is 1. The second-order valence-electron chi connectivity index (χ2n) is 5.29. The molecule has 0 saturated carbocycles. The summed E-state index contributed by atoms with van der Waals surface area (Å²) < 4.78 is 5.18. The molecule has 0 unspecified atom stereocenters. The van der Waals surface area contributed by atoms with Crippen LogP contribution >= 0.6 is 11.3 Å². The summed E-state index contributed by atoms with van der Waals surface area (Å²) in [4.78, 5) is 22.2. The zero-order chi connectivity index (χ0) is 14.8. The predicted molar refractivity (Wildman–Crippen MR) is 81.5 cm³/mol. The lowest BCUT2D eigenvalue weighted by Crippen LogP contribution is -2.48. The average molecular weight is 305 g/mol. The van der Waals surface area contributed by atoms with Crippen LogP contribution in [0.5, 0.6) is 0 Å². The first kappa shape index (κ1) is 14.3. The number of hydrogen-bond acceptors (Lipinski definition) is 5. The van der Waals surface area contributed by atoms with Gasteiger partial charge in [0.1, 0.15) is 0 Å². The first-order chi connectivity index (χ1) is 10.1. The third kappa shape index (κ3) is 3.16. The van der Waals surface area contributed by atoms with Crippen molar-refractivity contribution in [3.8, 4) is 0 Å². The summed E-state index contributed by atoms with van der Waals surface area (Å²) in [6.45, 7) is 8.31. The van der Waals surface area contributed by atoms with E-state index in [2.05, 4.69) is 16.8 Å². The molecule has 0 aromatic carbocycles. The zero-order valence-corrected chi connectivity index (χ0v) is 13.2. The van der Waals surface area contributed by atoms with E-state index in [1.807, 2.05) is 11.8 Å². The second kappa shape index (κ2) is 5.99. The van der Waals surface area contributed by atoms with E-state index in [9.17, 15) is 4.79 Å². The molecular formula is C15H19N3O2S. The quantitative estimate of drug-likeness (QED) is 0.873. The third-order valence-corrected chi connectivity index (χ3v) is 4.82. The van der Waals surface area contributed by atoms with Crippen molar-refractivity contribution in [2.75, 3.05) is 26.2 Å². The van der Waals surface area contributed by atoms with Gasteiger partial charge < -0.3 is 9.32 Å². The largest absolute Gasteiger partial charge is 0.459 e. The Morgan fingerprint density at radius 3 is 2.67 bits per heavy atom. The van der Waals surface area contributed by atoms with Gasteiger partial charge in [0.05, 0.1) is 17.0 Å². The highest BCUT2D eigenvalue weighted by Crippen LogP contribution is 2.20. The topological polar surface area (TPSA) is 49.6 Å². The molecule has 0 radical (unpaired) electrons. The fourth-order valence-electron chi connectivity index (χ4n) is 2.59. The maximum atomic E-state index is 12.2. The van der Waals surface area contributed by atoms with Crippen LogP contribution in [0, 0.1) is 13.8 Å². The number of carbonyl (C=O) groups excluding carboxylic acids is 1. The van der Waals surface area contributed by atoms with E-state index in [1.54, 1.807) is 29.7 Å². The van der Waals surface area contributed by atoms with Gasteiger partial charge in [0.25, 0.3) is 5.91 Å². The lowest BCUT2D eigenvalue weighted by Gasteiger charge is -2.34. The maximum absolute atomic E-state index is 12.2. The molecule has 2 aromatic heterocycles. The number of thiazole rings is 1. The molecular weight excluding hydrogens is 286 g/mol. The Balaban J connectivity index is 1.56. The summed E-state index contributed by atoms with van der Waals surface area (Å²) in [6, 6.07) is 3.47. The zero-order valence-electron chi connectivity index (χ0n) is 12.3. The Bertz CT molecular complexity index is 613. The van der Waals surface area contributed by atoms with Gasteiger partial charge >= 0.3 is 0 Å². The van der Waals surface area contributed by atoms with Gasteiger partial charge in [0.15, 0.2) is 5.76 Å². The number of nitrogens with zero attached hydrogens (tertiary/aromatic N) is 3. The molecule has 0 bridgehead atoms. The highest BCUT2D eigenvalue weighted by molar-refractivity contribution is 7.11. The minimum Gasteiger partial charge on any atom is -0.459 e. The van der Waals surface area contributed by atoms with Crippen LogP contribution in [-0.2, 0) is 6.54 Å². The van der Waals surface area contributed by atoms with E-state index < -0.39 is 0 Å². The Morgan fingerprint density at radius 2 is 2.10 bits per heavy atom. The number of aryl methyl sites for hydroxylation is 2. The number of carbonyl (C=O) groups is 1. The van der Waals surface area contributed by atoms with E-state index in [0.717, 1.165) is 43.4 Å². The lowest BCUT2D eigenvalue weighted by molar-refractivity contribution is 0.0598. The molecule has 1 aliphatic heterocycles. The van der Waals surface area contributed by atoms with Gasteiger partial charge in [-0.05, 0) is 26.0 Å². The van der Waals surface area contributed by atoms with Gasteiger partial charge in [0, 0.05) is 37.6 Å². The van der Waals surface area contributed by atoms with E-state index >= 15 is 0 Å². The SMILES string of the molecule is Cc1nc(C)c(CN2CCN(C(=O)c3ccco3)CC2)s1. The fraction of sp³-hybridized carbons (Fsp3) is 0.467. The van der Waals surface area contributed by atoms with E-state index in [4.69, 9.17) is 4.42 Å². The molecule has 21 heavy (non-hydrogen) atoms. The van der Waals surface area contributed by atoms with Crippen LogP contribution in [-0.4, -0.2) is 46.9 Å². The Morgan fingerprint density at radius 1 is 1.33 bits per heavy atom. The van der Waals surface area contributed by atoms with E-state index in [-0.39, 0.29) is 5.91 Å². The van der Waals surface area contributed by atoms with Crippen molar-refractivity contribution in [1.29, 1.82) is 0 Å². The van der Waals surface area contributed by atoms with Crippen LogP contribution in [0.15, 0.2) is 22.8 Å². The van der Waals surface area contributed by atoms with Crippen LogP contribution in [0.25, 0.3) is 0 Å². The van der Waals surface area contributed by atoms with Crippen molar-refractivity contribution in [2.45, 2.75) is 20.4 Å². The molecule has 3 rings (SSSR count). The van der Waals surface area contributed by atoms with Gasteiger partial charge in [-0.25, -0.2) is 4.98 Å². The van der Waals surface area contributed by atoms with Crippen LogP contribution in [0.2, 0.25) is 0 Å². The smallest absolute Gasteiger partial charge is 0.289 e. The van der Waals surface area contributed by atoms with Crippen molar-refractivity contribution < 1.29 is 9.21 Å². The highest BCUT2D eigenvalue weighted by Gasteiger charge is 2.24. The summed E-state index contributed by atoms with van der Waals surface area (Å²) in [7, 11) is 0. The normalized spacial score (nSPS) is 16.4. The van der Waals surface area contributed by atoms with Crippen LogP contribution in [0.1, 0.15) is 26.1 Å². The van der Waals surface area contributed by atoms with Crippen molar-refractivity contribution in [1.82, 2.24) is 14.8 Å². The number of rotatable bonds is 3. The number of hydrogen-bond donors (Lipinski definition) is 0. The molecule has 1 amide bonds. The first-order valence-corrected chi connectivity index (χ1v) is 7.93. The molecule has 0 N–H and O–H groups in total. The van der Waals surface area contributed by atoms with Crippen LogP contribution in [0.4, 0.5) is 0 Å². The predicted octanol–water partition coefficient (Wildman–Crippen LogP) is 2.31. The minimum atomic E-state index is -0.00975. The summed E-state index contributed by atoms with van der Waals surface area (Å²) in [5, 5.41) is 1.12. The molecule has 1 aliphatic rings. The molecule has 5 nitrogen and oxygen atoms in total. The van der Waals surface area contributed by atoms with Crippen LogP contribution < -0.4 is 0 Å². The summed E-state index contributed by atoms with van der Waals surface area (Å²) in [6.07, 6.45) is 1.54. The summed E-state index contributed by atoms with van der Waals surface area (Å²) in [5.41, 5.74) is 1.13. The number of amides is 1. The lowest BCUT2D eigenvalue weighted by atomic mass is 10.2. The number of furan rings is 1. The van der Waals surface area contributed by atoms with Crippen LogP contribution in [0.3, 0.4) is 0 Å². The second-order valence-corrected chi connectivity index (χ2v) is 6.57. The van der Waals surface area contributed by atoms with Crippen molar-refractivity contribution in [3.63, 3.8) is 0 Å². The summed E-state index contributed by atoms with van der Waals surface area (Å²) in [5.74, 6) is 0.418. The standard InChI is InChI=1S/C15H19N3O2S/c1-11-14(21-12(2)16-11)10-17-5-7-18(8-6-17)15(19)13-4-3-9-20-13/h3-4,9H,5-8,10H2,1-2H3. The highest BCUT2D eigenvalue weighted by atomic mass is 32.1. The first-order valence-electron chi connectivity index (χ1n) is 7.11. The molecule has 1 fully saturated rings. The third-order valence-electron chi connectivity index (χ3n) is 3.76. The molecule has 0 atom stereocenters. The Labute approximate surface area is 128 Å². The van der Waals surface area contributed by atoms with E-state index in [1.165, 1.54) is 4.88 Å². The average Bonchev–Trinajstić information content (AvgIpc) is 3.10. The molecule has 0 aliphatic carbocycles. The minimum absolute atomic E-state index is 0.00975. The molecule has 2 aromatic rings. The van der Waals surface area contributed by atoms with E-state index in [0.29, 0.717) is 5.76 Å². The van der Waals surface area contributed by atoms with Gasteiger partial charge in [-0.15, -0.1) is 11.3 Å².